The highest BCUT2D eigenvalue weighted by Gasteiger charge is 2.04. The van der Waals surface area contributed by atoms with Gasteiger partial charge in [-0.15, -0.1) is 0 Å². The summed E-state index contributed by atoms with van der Waals surface area (Å²) in [4.78, 5) is 0. The summed E-state index contributed by atoms with van der Waals surface area (Å²) in [5.41, 5.74) is 1.23. The molecule has 0 amide bonds. The second kappa shape index (κ2) is 35.8. The zero-order valence-electron chi connectivity index (χ0n) is 32.0. The van der Waals surface area contributed by atoms with E-state index in [2.05, 4.69) is 49.5 Å². The van der Waals surface area contributed by atoms with Crippen molar-refractivity contribution >= 4 is 0 Å². The van der Waals surface area contributed by atoms with Crippen LogP contribution in [0.1, 0.15) is 212 Å². The monoisotopic (exact) mass is 656 g/mol. The number of hydrogen-bond acceptors (Lipinski definition) is 3. The van der Waals surface area contributed by atoms with Crippen LogP contribution in [0.25, 0.3) is 0 Å². The van der Waals surface area contributed by atoms with Crippen LogP contribution in [0.4, 0.5) is 0 Å². The van der Waals surface area contributed by atoms with E-state index in [1.54, 1.807) is 0 Å². The summed E-state index contributed by atoms with van der Waals surface area (Å²) in [6.45, 7) is 7.02. The first kappa shape index (κ1) is 43.5. The van der Waals surface area contributed by atoms with Crippen molar-refractivity contribution in [3.05, 3.63) is 35.9 Å². The van der Waals surface area contributed by atoms with Gasteiger partial charge in [0.2, 0.25) is 0 Å². The van der Waals surface area contributed by atoms with Gasteiger partial charge >= 0.3 is 0 Å². The summed E-state index contributed by atoms with van der Waals surface area (Å²) < 4.78 is 12.3. The molecule has 0 aliphatic rings. The molecule has 1 rings (SSSR count). The Kier molecular flexibility index (Phi) is 33.2. The van der Waals surface area contributed by atoms with E-state index in [0.717, 1.165) is 44.1 Å². The zero-order valence-corrected chi connectivity index (χ0v) is 32.0. The smallest absolute Gasteiger partial charge is 0.123 e. The molecule has 0 spiro atoms. The van der Waals surface area contributed by atoms with Crippen molar-refractivity contribution in [2.24, 2.45) is 0 Å². The fraction of sp³-hybridized carbons (Fsp3) is 0.818. The number of unbranched alkanes of at least 4 members (excludes halogenated alkanes) is 27. The molecule has 0 aliphatic heterocycles. The molecule has 0 atom stereocenters. The van der Waals surface area contributed by atoms with Gasteiger partial charge in [0.1, 0.15) is 11.5 Å². The van der Waals surface area contributed by atoms with E-state index in [1.807, 2.05) is 7.05 Å². The topological polar surface area (TPSA) is 30.5 Å². The van der Waals surface area contributed by atoms with Gasteiger partial charge in [-0.2, -0.15) is 0 Å². The third kappa shape index (κ3) is 30.3. The molecule has 0 aliphatic carbocycles. The van der Waals surface area contributed by atoms with Crippen LogP contribution in [0.2, 0.25) is 0 Å². The summed E-state index contributed by atoms with van der Waals surface area (Å²) in [6.07, 6.45) is 45.8. The Morgan fingerprint density at radius 1 is 0.426 bits per heavy atom. The van der Waals surface area contributed by atoms with Crippen molar-refractivity contribution in [2.45, 2.75) is 213 Å². The molecule has 0 heterocycles. The Balaban J connectivity index is 2.02. The number of allylic oxidation sites excluding steroid dienone is 2. The highest BCUT2D eigenvalue weighted by Crippen LogP contribution is 2.24. The molecule has 0 aromatic heterocycles. The van der Waals surface area contributed by atoms with Gasteiger partial charge in [0.05, 0.1) is 13.2 Å². The molecule has 3 heteroatoms. The minimum atomic E-state index is 0.794. The molecular formula is C44H81NO2. The maximum absolute atomic E-state index is 6.18. The number of rotatable bonds is 37. The van der Waals surface area contributed by atoms with Crippen LogP contribution in [0.15, 0.2) is 30.4 Å². The predicted octanol–water partition coefficient (Wildman–Crippen LogP) is 14.5. The molecule has 47 heavy (non-hydrogen) atoms. The Morgan fingerprint density at radius 3 is 1.09 bits per heavy atom. The standard InChI is InChI=1S/C44H81NO2/c1-4-6-8-10-12-14-16-18-20-22-24-26-28-30-32-34-36-46-43-38-42(41-45-3)39-44(40-43)47-37-35-33-31-29-27-25-23-21-19-17-15-13-11-9-7-5-2/h18,20,38-40,45H,4-17,19,21-37,41H2,1-3H3/b20-18-. The van der Waals surface area contributed by atoms with Gasteiger partial charge < -0.3 is 14.8 Å². The molecule has 0 saturated carbocycles. The van der Waals surface area contributed by atoms with E-state index >= 15 is 0 Å². The van der Waals surface area contributed by atoms with Crippen LogP contribution in [-0.2, 0) is 6.54 Å². The summed E-state index contributed by atoms with van der Waals surface area (Å²) in [7, 11) is 2.00. The normalized spacial score (nSPS) is 11.6. The predicted molar refractivity (Wildman–Crippen MR) is 209 cm³/mol. The maximum atomic E-state index is 6.18. The minimum Gasteiger partial charge on any atom is -0.493 e. The van der Waals surface area contributed by atoms with Crippen molar-refractivity contribution in [1.82, 2.24) is 5.32 Å². The van der Waals surface area contributed by atoms with Gasteiger partial charge in [-0.1, -0.05) is 180 Å². The van der Waals surface area contributed by atoms with Crippen LogP contribution in [0.3, 0.4) is 0 Å². The van der Waals surface area contributed by atoms with Gasteiger partial charge in [0, 0.05) is 12.6 Å². The summed E-state index contributed by atoms with van der Waals surface area (Å²) in [6, 6.07) is 6.42. The molecule has 3 nitrogen and oxygen atoms in total. The fourth-order valence-corrected chi connectivity index (χ4v) is 6.48. The molecule has 274 valence electrons. The van der Waals surface area contributed by atoms with Crippen molar-refractivity contribution in [1.29, 1.82) is 0 Å². The van der Waals surface area contributed by atoms with Gasteiger partial charge in [0.25, 0.3) is 0 Å². The quantitative estimate of drug-likeness (QED) is 0.0571. The van der Waals surface area contributed by atoms with Crippen molar-refractivity contribution in [3.8, 4) is 11.5 Å². The van der Waals surface area contributed by atoms with Gasteiger partial charge in [0.15, 0.2) is 0 Å². The Bertz CT molecular complexity index is 791. The molecule has 0 radical (unpaired) electrons. The van der Waals surface area contributed by atoms with Crippen LogP contribution < -0.4 is 14.8 Å². The lowest BCUT2D eigenvalue weighted by atomic mass is 10.0. The van der Waals surface area contributed by atoms with Crippen LogP contribution in [0, 0.1) is 0 Å². The molecule has 1 N–H and O–H groups in total. The Labute approximate surface area is 294 Å². The first-order valence-electron chi connectivity index (χ1n) is 21.0. The van der Waals surface area contributed by atoms with Crippen molar-refractivity contribution in [2.75, 3.05) is 20.3 Å². The van der Waals surface area contributed by atoms with E-state index in [4.69, 9.17) is 9.47 Å². The first-order chi connectivity index (χ1) is 23.3. The van der Waals surface area contributed by atoms with E-state index in [0.29, 0.717) is 0 Å². The van der Waals surface area contributed by atoms with E-state index < -0.39 is 0 Å². The van der Waals surface area contributed by atoms with Crippen LogP contribution in [0.5, 0.6) is 11.5 Å². The van der Waals surface area contributed by atoms with Gasteiger partial charge in [-0.25, -0.2) is 0 Å². The molecule has 0 unspecified atom stereocenters. The number of hydrogen-bond donors (Lipinski definition) is 1. The second-order valence-electron chi connectivity index (χ2n) is 14.3. The highest BCUT2D eigenvalue weighted by molar-refractivity contribution is 5.38. The molecule has 0 bridgehead atoms. The molecule has 0 fully saturated rings. The zero-order chi connectivity index (χ0) is 33.7. The Hall–Kier alpha value is -1.48. The van der Waals surface area contributed by atoms with Crippen molar-refractivity contribution < 1.29 is 9.47 Å². The third-order valence-corrected chi connectivity index (χ3v) is 9.51. The highest BCUT2D eigenvalue weighted by atomic mass is 16.5. The maximum Gasteiger partial charge on any atom is 0.123 e. The third-order valence-electron chi connectivity index (χ3n) is 9.51. The summed E-state index contributed by atoms with van der Waals surface area (Å²) in [5.74, 6) is 1.90. The molecule has 1 aromatic rings. The Morgan fingerprint density at radius 2 is 0.745 bits per heavy atom. The first-order valence-corrected chi connectivity index (χ1v) is 21.0. The van der Waals surface area contributed by atoms with E-state index in [1.165, 1.54) is 185 Å². The van der Waals surface area contributed by atoms with E-state index in [-0.39, 0.29) is 0 Å². The lowest BCUT2D eigenvalue weighted by Gasteiger charge is -2.13. The fourth-order valence-electron chi connectivity index (χ4n) is 6.48. The summed E-state index contributed by atoms with van der Waals surface area (Å²) in [5, 5.41) is 3.27. The lowest BCUT2D eigenvalue weighted by Crippen LogP contribution is -2.07. The van der Waals surface area contributed by atoms with E-state index in [9.17, 15) is 0 Å². The van der Waals surface area contributed by atoms with Gasteiger partial charge in [-0.3, -0.25) is 0 Å². The average Bonchev–Trinajstić information content (AvgIpc) is 3.07. The average molecular weight is 656 g/mol. The largest absolute Gasteiger partial charge is 0.493 e. The summed E-state index contributed by atoms with van der Waals surface area (Å²) >= 11 is 0. The second-order valence-corrected chi connectivity index (χ2v) is 14.3. The lowest BCUT2D eigenvalue weighted by molar-refractivity contribution is 0.289. The van der Waals surface area contributed by atoms with Gasteiger partial charge in [-0.05, 0) is 63.3 Å². The SMILES string of the molecule is CCCCCCCC/C=C\CCCCCCCCOc1cc(CNC)cc(OCCCCCCCCCCCCCCCCCC)c1. The molecule has 1 aromatic carbocycles. The molecule has 0 saturated heterocycles. The van der Waals surface area contributed by atoms with Crippen molar-refractivity contribution in [3.63, 3.8) is 0 Å². The number of ether oxygens (including phenoxy) is 2. The van der Waals surface area contributed by atoms with Crippen LogP contribution >= 0.6 is 0 Å². The number of nitrogens with one attached hydrogen (secondary N) is 1. The molecular weight excluding hydrogens is 574 g/mol. The number of benzene rings is 1. The van der Waals surface area contributed by atoms with Crippen LogP contribution in [-0.4, -0.2) is 20.3 Å². The minimum absolute atomic E-state index is 0.794.